The monoisotopic (exact) mass is 653 g/mol. The van der Waals surface area contributed by atoms with Crippen molar-refractivity contribution in [1.82, 2.24) is 0 Å². The second kappa shape index (κ2) is 29.3. The highest BCUT2D eigenvalue weighted by Crippen LogP contribution is 2.34. The van der Waals surface area contributed by atoms with Gasteiger partial charge < -0.3 is 15.3 Å². The summed E-state index contributed by atoms with van der Waals surface area (Å²) in [5.41, 5.74) is 0. The Morgan fingerprint density at radius 3 is 1.00 bits per heavy atom. The van der Waals surface area contributed by atoms with E-state index in [0.29, 0.717) is 25.7 Å². The van der Waals surface area contributed by atoms with Crippen molar-refractivity contribution in [2.75, 3.05) is 6.54 Å². The van der Waals surface area contributed by atoms with E-state index in [0.717, 1.165) is 19.3 Å². The molecule has 3 atom stereocenters. The Morgan fingerprint density at radius 1 is 0.435 bits per heavy atom. The van der Waals surface area contributed by atoms with E-state index in [2.05, 4.69) is 19.1 Å². The molecule has 270 valence electrons. The van der Waals surface area contributed by atoms with Crippen LogP contribution in [0.2, 0.25) is 0 Å². The summed E-state index contributed by atoms with van der Waals surface area (Å²) < 4.78 is -0.369. The molecule has 3 unspecified atom stereocenters. The third-order valence-corrected chi connectivity index (χ3v) is 9.82. The molecule has 0 rings (SSSR count). The van der Waals surface area contributed by atoms with E-state index in [1.54, 1.807) is 0 Å². The van der Waals surface area contributed by atoms with E-state index < -0.39 is 36.0 Å². The molecule has 0 heterocycles. The molecule has 3 N–H and O–H groups in total. The van der Waals surface area contributed by atoms with Crippen molar-refractivity contribution in [2.24, 2.45) is 0 Å². The highest BCUT2D eigenvalue weighted by molar-refractivity contribution is 5.78. The Balaban J connectivity index is 4.55. The fourth-order valence-electron chi connectivity index (χ4n) is 7.35. The third-order valence-electron chi connectivity index (χ3n) is 9.82. The van der Waals surface area contributed by atoms with E-state index in [1.807, 2.05) is 20.8 Å². The first-order chi connectivity index (χ1) is 22.2. The Morgan fingerprint density at radius 2 is 0.717 bits per heavy atom. The Bertz CT molecular complexity index is 738. The van der Waals surface area contributed by atoms with Crippen LogP contribution >= 0.6 is 0 Å². The molecule has 0 aromatic rings. The van der Waals surface area contributed by atoms with Gasteiger partial charge in [0.05, 0.1) is 6.54 Å². The summed E-state index contributed by atoms with van der Waals surface area (Å²) in [7, 11) is 0. The number of hydrogen-bond acceptors (Lipinski definition) is 3. The van der Waals surface area contributed by atoms with Crippen molar-refractivity contribution >= 4 is 17.9 Å². The SMILES string of the molecule is CCC/C=C/CCCCCCCCCCCCCCCCCCC[N+](C(CCC)C(=O)O)(C(CCC)C(=O)O)C(CCC)C(=O)O. The van der Waals surface area contributed by atoms with Crippen molar-refractivity contribution in [3.05, 3.63) is 12.2 Å². The Hall–Kier alpha value is -1.89. The van der Waals surface area contributed by atoms with Gasteiger partial charge in [-0.2, -0.15) is 0 Å². The minimum absolute atomic E-state index is 0.272. The highest BCUT2D eigenvalue weighted by Gasteiger charge is 2.56. The molecule has 0 fully saturated rings. The lowest BCUT2D eigenvalue weighted by Gasteiger charge is -2.50. The average Bonchev–Trinajstić information content (AvgIpc) is 3.02. The Kier molecular flexibility index (Phi) is 28.1. The molecule has 46 heavy (non-hydrogen) atoms. The second-order valence-corrected chi connectivity index (χ2v) is 13.7. The molecule has 0 spiro atoms. The minimum Gasteiger partial charge on any atom is -0.477 e. The molecule has 0 amide bonds. The van der Waals surface area contributed by atoms with Gasteiger partial charge in [0.1, 0.15) is 0 Å². The molecular formula is C39H74NO6+. The van der Waals surface area contributed by atoms with Crippen LogP contribution in [0, 0.1) is 0 Å². The molecule has 0 aliphatic carbocycles. The second-order valence-electron chi connectivity index (χ2n) is 13.7. The maximum Gasteiger partial charge on any atom is 0.362 e. The number of rotatable bonds is 34. The van der Waals surface area contributed by atoms with Gasteiger partial charge in [0.25, 0.3) is 0 Å². The van der Waals surface area contributed by atoms with Crippen LogP contribution in [0.3, 0.4) is 0 Å². The number of nitrogens with zero attached hydrogens (tertiary/aromatic N) is 1. The van der Waals surface area contributed by atoms with Crippen molar-refractivity contribution in [1.29, 1.82) is 0 Å². The summed E-state index contributed by atoms with van der Waals surface area (Å²) in [5.74, 6) is -3.24. The van der Waals surface area contributed by atoms with E-state index in [4.69, 9.17) is 0 Å². The quantitative estimate of drug-likeness (QED) is 0.0362. The first-order valence-electron chi connectivity index (χ1n) is 19.4. The van der Waals surface area contributed by atoms with Crippen LogP contribution in [0.4, 0.5) is 0 Å². The number of carbonyl (C=O) groups is 3. The standard InChI is InChI=1S/C39H73NO6/c1-5-9-10-11-12-13-14-15-16-17-18-19-20-21-22-23-24-25-26-27-28-29-33-40(34(30-6-2)37(41)42,35(31-7-3)38(43)44)36(32-8-4)39(45)46/h10-11,34-36H,5-9,12-33H2,1-4H3,(H2-,41,42,43,44,45,46)/p+1/b11-10+. The number of carboxylic acid groups (broad SMARTS) is 3. The number of aliphatic carboxylic acids is 3. The number of carboxylic acids is 3. The zero-order valence-corrected chi connectivity index (χ0v) is 30.5. The number of unbranched alkanes of at least 4 members (excludes halogenated alkanes) is 18. The summed E-state index contributed by atoms with van der Waals surface area (Å²) in [6.45, 7) is 8.15. The van der Waals surface area contributed by atoms with Gasteiger partial charge >= 0.3 is 17.9 Å². The van der Waals surface area contributed by atoms with Crippen molar-refractivity contribution < 1.29 is 34.2 Å². The summed E-state index contributed by atoms with van der Waals surface area (Å²) in [5, 5.41) is 30.9. The van der Waals surface area contributed by atoms with E-state index in [1.165, 1.54) is 103 Å². The molecule has 0 aliphatic rings. The lowest BCUT2D eigenvalue weighted by atomic mass is 9.91. The lowest BCUT2D eigenvalue weighted by Crippen LogP contribution is -2.72. The van der Waals surface area contributed by atoms with Crippen molar-refractivity contribution in [3.8, 4) is 0 Å². The molecule has 0 aromatic heterocycles. The van der Waals surface area contributed by atoms with Gasteiger partial charge in [-0.1, -0.05) is 136 Å². The summed E-state index contributed by atoms with van der Waals surface area (Å²) in [6.07, 6.45) is 31.8. The van der Waals surface area contributed by atoms with Crippen molar-refractivity contribution in [2.45, 2.75) is 213 Å². The van der Waals surface area contributed by atoms with Gasteiger partial charge in [0, 0.05) is 19.3 Å². The zero-order chi connectivity index (χ0) is 34.5. The molecule has 0 saturated carbocycles. The normalized spacial score (nSPS) is 15.0. The van der Waals surface area contributed by atoms with Crippen LogP contribution in [0.5, 0.6) is 0 Å². The summed E-state index contributed by atoms with van der Waals surface area (Å²) in [6, 6.07) is -3.13. The van der Waals surface area contributed by atoms with Gasteiger partial charge in [-0.15, -0.1) is 0 Å². The highest BCUT2D eigenvalue weighted by atomic mass is 16.4. The molecular weight excluding hydrogens is 578 g/mol. The van der Waals surface area contributed by atoms with Crippen LogP contribution in [-0.2, 0) is 14.4 Å². The summed E-state index contributed by atoms with van der Waals surface area (Å²) >= 11 is 0. The van der Waals surface area contributed by atoms with Gasteiger partial charge in [-0.05, 0) is 51.4 Å². The fraction of sp³-hybridized carbons (Fsp3) is 0.872. The third kappa shape index (κ3) is 18.4. The van der Waals surface area contributed by atoms with Crippen LogP contribution in [0.1, 0.15) is 195 Å². The predicted molar refractivity (Wildman–Crippen MR) is 191 cm³/mol. The van der Waals surface area contributed by atoms with Crippen LogP contribution < -0.4 is 0 Å². The lowest BCUT2D eigenvalue weighted by molar-refractivity contribution is -0.973. The zero-order valence-electron chi connectivity index (χ0n) is 30.5. The van der Waals surface area contributed by atoms with Gasteiger partial charge in [-0.3, -0.25) is 4.48 Å². The smallest absolute Gasteiger partial charge is 0.362 e. The van der Waals surface area contributed by atoms with Gasteiger partial charge in [0.2, 0.25) is 0 Å². The van der Waals surface area contributed by atoms with Crippen LogP contribution in [-0.4, -0.2) is 62.4 Å². The average molecular weight is 653 g/mol. The fourth-order valence-corrected chi connectivity index (χ4v) is 7.35. The van der Waals surface area contributed by atoms with Crippen LogP contribution in [0.15, 0.2) is 12.2 Å². The summed E-state index contributed by atoms with van der Waals surface area (Å²) in [4.78, 5) is 37.9. The van der Waals surface area contributed by atoms with Crippen LogP contribution in [0.25, 0.3) is 0 Å². The predicted octanol–water partition coefficient (Wildman–Crippen LogP) is 10.9. The van der Waals surface area contributed by atoms with E-state index in [-0.39, 0.29) is 30.3 Å². The first-order valence-corrected chi connectivity index (χ1v) is 19.4. The van der Waals surface area contributed by atoms with Gasteiger partial charge in [0.15, 0.2) is 18.1 Å². The molecule has 0 aromatic carbocycles. The topological polar surface area (TPSA) is 112 Å². The molecule has 0 saturated heterocycles. The van der Waals surface area contributed by atoms with Gasteiger partial charge in [-0.25, -0.2) is 14.4 Å². The van der Waals surface area contributed by atoms with Crippen molar-refractivity contribution in [3.63, 3.8) is 0 Å². The minimum atomic E-state index is -1.08. The maximum atomic E-state index is 12.6. The largest absolute Gasteiger partial charge is 0.477 e. The number of quaternary nitrogens is 1. The maximum absolute atomic E-state index is 12.6. The van der Waals surface area contributed by atoms with E-state index in [9.17, 15) is 29.7 Å². The van der Waals surface area contributed by atoms with E-state index >= 15 is 0 Å². The molecule has 7 heteroatoms. The number of allylic oxidation sites excluding steroid dienone is 2. The Labute approximate surface area is 283 Å². The molecule has 0 radical (unpaired) electrons. The first kappa shape index (κ1) is 44.1. The molecule has 7 nitrogen and oxygen atoms in total. The molecule has 0 aliphatic heterocycles. The number of hydrogen-bond donors (Lipinski definition) is 3. The molecule has 0 bridgehead atoms.